The maximum Gasteiger partial charge on any atom is 0.401 e. The Hall–Kier alpha value is -0.290. The van der Waals surface area contributed by atoms with Gasteiger partial charge in [-0.15, -0.1) is 0 Å². The lowest BCUT2D eigenvalue weighted by Crippen LogP contribution is -2.38. The van der Waals surface area contributed by atoms with E-state index in [1.54, 1.807) is 0 Å². The third kappa shape index (κ3) is 3.52. The van der Waals surface area contributed by atoms with E-state index in [1.165, 1.54) is 0 Å². The van der Waals surface area contributed by atoms with Gasteiger partial charge in [0.2, 0.25) is 0 Å². The maximum atomic E-state index is 11.8. The predicted octanol–water partition coefficient (Wildman–Crippen LogP) is 1.23. The first-order chi connectivity index (χ1) is 5.88. The Balaban J connectivity index is 2.25. The standard InChI is InChI=1S/C8H15F3N2/c1-6-3-7(4-13(6)2)12-5-8(9,10)11/h6-7,12H,3-5H2,1-2H3. The highest BCUT2D eigenvalue weighted by Crippen LogP contribution is 2.17. The number of nitrogens with one attached hydrogen (secondary N) is 1. The van der Waals surface area contributed by atoms with Gasteiger partial charge in [-0.05, 0) is 20.4 Å². The molecule has 0 amide bonds. The molecule has 0 radical (unpaired) electrons. The average molecular weight is 196 g/mol. The summed E-state index contributed by atoms with van der Waals surface area (Å²) in [4.78, 5) is 2.06. The number of halogens is 3. The van der Waals surface area contributed by atoms with Crippen molar-refractivity contribution in [2.45, 2.75) is 31.6 Å². The second kappa shape index (κ2) is 3.84. The number of alkyl halides is 3. The first-order valence-corrected chi connectivity index (χ1v) is 4.39. The molecule has 78 valence electrons. The Bertz CT molecular complexity index is 159. The Labute approximate surface area is 76.1 Å². The van der Waals surface area contributed by atoms with Crippen LogP contribution in [0.2, 0.25) is 0 Å². The zero-order valence-corrected chi connectivity index (χ0v) is 7.86. The van der Waals surface area contributed by atoms with Crippen molar-refractivity contribution in [3.63, 3.8) is 0 Å². The number of likely N-dealkylation sites (tertiary alicyclic amines) is 1. The molecule has 1 aliphatic rings. The van der Waals surface area contributed by atoms with Crippen LogP contribution in [0.4, 0.5) is 13.2 Å². The molecule has 0 saturated carbocycles. The van der Waals surface area contributed by atoms with Gasteiger partial charge >= 0.3 is 6.18 Å². The maximum absolute atomic E-state index is 11.8. The minimum atomic E-state index is -4.09. The Morgan fingerprint density at radius 1 is 1.46 bits per heavy atom. The van der Waals surface area contributed by atoms with Gasteiger partial charge in [0.05, 0.1) is 6.54 Å². The van der Waals surface area contributed by atoms with Crippen molar-refractivity contribution in [1.29, 1.82) is 0 Å². The molecule has 13 heavy (non-hydrogen) atoms. The van der Waals surface area contributed by atoms with Crippen molar-refractivity contribution in [3.05, 3.63) is 0 Å². The van der Waals surface area contributed by atoms with E-state index in [4.69, 9.17) is 0 Å². The molecule has 0 aliphatic carbocycles. The van der Waals surface area contributed by atoms with Crippen molar-refractivity contribution in [2.24, 2.45) is 0 Å². The van der Waals surface area contributed by atoms with E-state index >= 15 is 0 Å². The van der Waals surface area contributed by atoms with Gasteiger partial charge < -0.3 is 10.2 Å². The van der Waals surface area contributed by atoms with E-state index < -0.39 is 12.7 Å². The zero-order chi connectivity index (χ0) is 10.1. The normalized spacial score (nSPS) is 31.2. The second-order valence-corrected chi connectivity index (χ2v) is 3.72. The molecule has 1 heterocycles. The molecule has 5 heteroatoms. The van der Waals surface area contributed by atoms with E-state index in [0.29, 0.717) is 12.6 Å². The van der Waals surface area contributed by atoms with Crippen LogP contribution in [0.3, 0.4) is 0 Å². The molecule has 0 spiro atoms. The Morgan fingerprint density at radius 2 is 2.08 bits per heavy atom. The van der Waals surface area contributed by atoms with Crippen LogP contribution in [0.15, 0.2) is 0 Å². The third-order valence-electron chi connectivity index (χ3n) is 2.48. The van der Waals surface area contributed by atoms with Crippen molar-refractivity contribution in [1.82, 2.24) is 10.2 Å². The van der Waals surface area contributed by atoms with Crippen LogP contribution in [0.1, 0.15) is 13.3 Å². The lowest BCUT2D eigenvalue weighted by Gasteiger charge is -2.14. The number of rotatable bonds is 2. The largest absolute Gasteiger partial charge is 0.401 e. The first-order valence-electron chi connectivity index (χ1n) is 4.39. The summed E-state index contributed by atoms with van der Waals surface area (Å²) in [6.07, 6.45) is -3.29. The molecule has 2 atom stereocenters. The lowest BCUT2D eigenvalue weighted by atomic mass is 10.2. The van der Waals surface area contributed by atoms with Gasteiger partial charge in [0, 0.05) is 18.6 Å². The molecule has 2 unspecified atom stereocenters. The second-order valence-electron chi connectivity index (χ2n) is 3.72. The van der Waals surface area contributed by atoms with E-state index in [0.717, 1.165) is 6.42 Å². The van der Waals surface area contributed by atoms with Gasteiger partial charge in [0.25, 0.3) is 0 Å². The summed E-state index contributed by atoms with van der Waals surface area (Å²) in [6.45, 7) is 1.85. The van der Waals surface area contributed by atoms with Crippen molar-refractivity contribution in [2.75, 3.05) is 20.1 Å². The van der Waals surface area contributed by atoms with Crippen molar-refractivity contribution in [3.8, 4) is 0 Å². The van der Waals surface area contributed by atoms with Crippen LogP contribution in [-0.4, -0.2) is 43.3 Å². The van der Waals surface area contributed by atoms with E-state index in [9.17, 15) is 13.2 Å². The summed E-state index contributed by atoms with van der Waals surface area (Å²) in [7, 11) is 1.93. The van der Waals surface area contributed by atoms with Crippen LogP contribution < -0.4 is 5.32 Å². The van der Waals surface area contributed by atoms with Gasteiger partial charge in [-0.3, -0.25) is 0 Å². The number of likely N-dealkylation sites (N-methyl/N-ethyl adjacent to an activating group) is 1. The van der Waals surface area contributed by atoms with Crippen LogP contribution >= 0.6 is 0 Å². The summed E-state index contributed by atoms with van der Waals surface area (Å²) in [5.41, 5.74) is 0. The SMILES string of the molecule is CC1CC(NCC(F)(F)F)CN1C. The van der Waals surface area contributed by atoms with Crippen molar-refractivity contribution < 1.29 is 13.2 Å². The molecule has 1 rings (SSSR count). The summed E-state index contributed by atoms with van der Waals surface area (Å²) in [6, 6.07) is 0.368. The highest BCUT2D eigenvalue weighted by molar-refractivity contribution is 4.85. The monoisotopic (exact) mass is 196 g/mol. The molecular formula is C8H15F3N2. The highest BCUT2D eigenvalue weighted by atomic mass is 19.4. The minimum absolute atomic E-state index is 0.0124. The third-order valence-corrected chi connectivity index (χ3v) is 2.48. The molecule has 0 aromatic rings. The van der Waals surface area contributed by atoms with E-state index in [-0.39, 0.29) is 6.04 Å². The van der Waals surface area contributed by atoms with Crippen molar-refractivity contribution >= 4 is 0 Å². The topological polar surface area (TPSA) is 15.3 Å². The fourth-order valence-electron chi connectivity index (χ4n) is 1.60. The molecule has 0 bridgehead atoms. The Kier molecular flexibility index (Phi) is 3.18. The quantitative estimate of drug-likeness (QED) is 0.714. The molecule has 1 fully saturated rings. The number of nitrogens with zero attached hydrogens (tertiary/aromatic N) is 1. The van der Waals surface area contributed by atoms with Crippen LogP contribution in [0.5, 0.6) is 0 Å². The molecule has 0 aromatic carbocycles. The van der Waals surface area contributed by atoms with E-state index in [1.807, 2.05) is 14.0 Å². The summed E-state index contributed by atoms with van der Waals surface area (Å²) in [5, 5.41) is 2.52. The van der Waals surface area contributed by atoms with Crippen LogP contribution in [0, 0.1) is 0 Å². The molecule has 1 saturated heterocycles. The lowest BCUT2D eigenvalue weighted by molar-refractivity contribution is -0.126. The molecule has 0 aromatic heterocycles. The summed E-state index contributed by atoms with van der Waals surface area (Å²) >= 11 is 0. The number of hydrogen-bond acceptors (Lipinski definition) is 2. The first kappa shape index (κ1) is 10.8. The summed E-state index contributed by atoms with van der Waals surface area (Å²) < 4.78 is 35.5. The van der Waals surface area contributed by atoms with Crippen LogP contribution in [-0.2, 0) is 0 Å². The zero-order valence-electron chi connectivity index (χ0n) is 7.86. The smallest absolute Gasteiger partial charge is 0.305 e. The molecule has 2 nitrogen and oxygen atoms in total. The fraction of sp³-hybridized carbons (Fsp3) is 1.00. The predicted molar refractivity (Wildman–Crippen MR) is 44.6 cm³/mol. The van der Waals surface area contributed by atoms with E-state index in [2.05, 4.69) is 10.2 Å². The summed E-state index contributed by atoms with van der Waals surface area (Å²) in [5.74, 6) is 0. The van der Waals surface area contributed by atoms with Gasteiger partial charge in [-0.1, -0.05) is 0 Å². The molecular weight excluding hydrogens is 181 g/mol. The number of hydrogen-bond donors (Lipinski definition) is 1. The fourth-order valence-corrected chi connectivity index (χ4v) is 1.60. The average Bonchev–Trinajstić information content (AvgIpc) is 2.27. The van der Waals surface area contributed by atoms with Gasteiger partial charge in [0.15, 0.2) is 0 Å². The molecule has 1 aliphatic heterocycles. The van der Waals surface area contributed by atoms with Crippen LogP contribution in [0.25, 0.3) is 0 Å². The highest BCUT2D eigenvalue weighted by Gasteiger charge is 2.31. The van der Waals surface area contributed by atoms with Gasteiger partial charge in [0.1, 0.15) is 0 Å². The van der Waals surface area contributed by atoms with Gasteiger partial charge in [-0.25, -0.2) is 0 Å². The minimum Gasteiger partial charge on any atom is -0.305 e. The molecule has 1 N–H and O–H groups in total. The van der Waals surface area contributed by atoms with Gasteiger partial charge in [-0.2, -0.15) is 13.2 Å². The Morgan fingerprint density at radius 3 is 2.46 bits per heavy atom.